The number of ether oxygens (including phenoxy) is 2. The highest BCUT2D eigenvalue weighted by Crippen LogP contribution is 2.45. The molecule has 0 aromatic heterocycles. The van der Waals surface area contributed by atoms with Gasteiger partial charge in [0.1, 0.15) is 5.60 Å². The van der Waals surface area contributed by atoms with Crippen molar-refractivity contribution in [2.75, 3.05) is 13.1 Å². The Bertz CT molecular complexity index is 452. The summed E-state index contributed by atoms with van der Waals surface area (Å²) in [6, 6.07) is 0. The minimum absolute atomic E-state index is 0.0843. The maximum absolute atomic E-state index is 12.2. The zero-order chi connectivity index (χ0) is 17.6. The molecule has 5 nitrogen and oxygen atoms in total. The zero-order valence-corrected chi connectivity index (χ0v) is 15.7. The molecule has 1 N–H and O–H groups in total. The van der Waals surface area contributed by atoms with Gasteiger partial charge in [0.05, 0.1) is 17.3 Å². The van der Waals surface area contributed by atoms with E-state index >= 15 is 0 Å². The molecule has 0 radical (unpaired) electrons. The summed E-state index contributed by atoms with van der Waals surface area (Å²) in [7, 11) is 0. The van der Waals surface area contributed by atoms with Crippen LogP contribution in [0.15, 0.2) is 0 Å². The number of rotatable bonds is 2. The molecule has 5 heteroatoms. The van der Waals surface area contributed by atoms with Crippen molar-refractivity contribution in [3.8, 4) is 0 Å². The van der Waals surface area contributed by atoms with Crippen LogP contribution in [0.4, 0.5) is 4.79 Å². The molecule has 0 aromatic carbocycles. The van der Waals surface area contributed by atoms with Crippen molar-refractivity contribution in [3.63, 3.8) is 0 Å². The van der Waals surface area contributed by atoms with Crippen LogP contribution in [0.25, 0.3) is 0 Å². The van der Waals surface area contributed by atoms with E-state index in [1.54, 1.807) is 4.90 Å². The molecule has 2 saturated heterocycles. The fraction of sp³-hybridized carbons (Fsp3) is 0.944. The lowest BCUT2D eigenvalue weighted by atomic mass is 9.78. The van der Waals surface area contributed by atoms with E-state index in [1.165, 1.54) is 0 Å². The molecule has 134 valence electrons. The SMILES string of the molecule is CC(C)(C)OC(=O)N1CCC(C(O)C2CC(C)(C)OC2(C)C)C1. The van der Waals surface area contributed by atoms with Gasteiger partial charge >= 0.3 is 6.09 Å². The molecule has 3 unspecified atom stereocenters. The Balaban J connectivity index is 1.98. The number of amides is 1. The highest BCUT2D eigenvalue weighted by atomic mass is 16.6. The standard InChI is InChI=1S/C18H33NO4/c1-16(2,3)22-15(21)19-9-8-12(11-19)14(20)13-10-17(4,5)23-18(13,6)7/h12-14,20H,8-11H2,1-7H3. The summed E-state index contributed by atoms with van der Waals surface area (Å²) >= 11 is 0. The highest BCUT2D eigenvalue weighted by Gasteiger charge is 2.51. The molecule has 0 spiro atoms. The molecule has 3 atom stereocenters. The van der Waals surface area contributed by atoms with Crippen molar-refractivity contribution >= 4 is 6.09 Å². The first-order valence-electron chi connectivity index (χ1n) is 8.67. The van der Waals surface area contributed by atoms with Gasteiger partial charge in [-0.1, -0.05) is 0 Å². The molecule has 0 saturated carbocycles. The summed E-state index contributed by atoms with van der Waals surface area (Å²) in [5.74, 6) is 0.172. The van der Waals surface area contributed by atoms with Crippen LogP contribution in [0.3, 0.4) is 0 Å². The van der Waals surface area contributed by atoms with Crippen molar-refractivity contribution in [3.05, 3.63) is 0 Å². The average molecular weight is 327 g/mol. The number of hydrogen-bond acceptors (Lipinski definition) is 4. The van der Waals surface area contributed by atoms with E-state index in [4.69, 9.17) is 9.47 Å². The average Bonchev–Trinajstić information content (AvgIpc) is 2.88. The van der Waals surface area contributed by atoms with Gasteiger partial charge in [-0.05, 0) is 61.3 Å². The number of carbonyl (C=O) groups is 1. The number of hydrogen-bond donors (Lipinski definition) is 1. The van der Waals surface area contributed by atoms with Gasteiger partial charge in [0.25, 0.3) is 0 Å². The second-order valence-corrected chi connectivity index (χ2v) is 9.24. The van der Waals surface area contributed by atoms with E-state index in [0.717, 1.165) is 12.8 Å². The van der Waals surface area contributed by atoms with Crippen molar-refractivity contribution in [1.82, 2.24) is 4.90 Å². The molecule has 0 aromatic rings. The maximum atomic E-state index is 12.2. The van der Waals surface area contributed by atoms with E-state index < -0.39 is 11.7 Å². The number of nitrogens with zero attached hydrogens (tertiary/aromatic N) is 1. The molecular formula is C18H33NO4. The van der Waals surface area contributed by atoms with E-state index in [9.17, 15) is 9.90 Å². The first kappa shape index (κ1) is 18.5. The summed E-state index contributed by atoms with van der Waals surface area (Å²) in [6.07, 6.45) is 0.908. The van der Waals surface area contributed by atoms with E-state index in [0.29, 0.717) is 13.1 Å². The lowest BCUT2D eigenvalue weighted by Crippen LogP contribution is -2.42. The highest BCUT2D eigenvalue weighted by molar-refractivity contribution is 5.68. The molecular weight excluding hydrogens is 294 g/mol. The largest absolute Gasteiger partial charge is 0.444 e. The molecule has 0 aliphatic carbocycles. The fourth-order valence-corrected chi connectivity index (χ4v) is 4.02. The number of aliphatic hydroxyl groups excluding tert-OH is 1. The van der Waals surface area contributed by atoms with Gasteiger partial charge < -0.3 is 19.5 Å². The van der Waals surface area contributed by atoms with Gasteiger partial charge in [-0.3, -0.25) is 0 Å². The Morgan fingerprint density at radius 2 is 1.91 bits per heavy atom. The number of aliphatic hydroxyl groups is 1. The van der Waals surface area contributed by atoms with Gasteiger partial charge in [0.2, 0.25) is 0 Å². The van der Waals surface area contributed by atoms with Gasteiger partial charge in [-0.15, -0.1) is 0 Å². The molecule has 2 aliphatic heterocycles. The second-order valence-electron chi connectivity index (χ2n) is 9.24. The molecule has 2 aliphatic rings. The molecule has 2 rings (SSSR count). The topological polar surface area (TPSA) is 59.0 Å². The van der Waals surface area contributed by atoms with Gasteiger partial charge in [0, 0.05) is 24.9 Å². The molecule has 23 heavy (non-hydrogen) atoms. The van der Waals surface area contributed by atoms with Crippen LogP contribution in [0, 0.1) is 11.8 Å². The summed E-state index contributed by atoms with van der Waals surface area (Å²) < 4.78 is 11.5. The van der Waals surface area contributed by atoms with E-state index in [1.807, 2.05) is 20.8 Å². The quantitative estimate of drug-likeness (QED) is 0.846. The minimum Gasteiger partial charge on any atom is -0.444 e. The Kier molecular flexibility index (Phi) is 4.77. The summed E-state index contributed by atoms with van der Waals surface area (Å²) in [6.45, 7) is 15.1. The number of carbonyl (C=O) groups excluding carboxylic acids is 1. The monoisotopic (exact) mass is 327 g/mol. The Hall–Kier alpha value is -0.810. The molecule has 2 fully saturated rings. The first-order chi connectivity index (χ1) is 10.3. The predicted octanol–water partition coefficient (Wildman–Crippen LogP) is 3.20. The van der Waals surface area contributed by atoms with Crippen molar-refractivity contribution in [2.45, 2.75) is 84.2 Å². The molecule has 0 bridgehead atoms. The van der Waals surface area contributed by atoms with E-state index in [2.05, 4.69) is 27.7 Å². The van der Waals surface area contributed by atoms with Crippen LogP contribution in [0.2, 0.25) is 0 Å². The van der Waals surface area contributed by atoms with Crippen LogP contribution in [0.1, 0.15) is 61.3 Å². The lowest BCUT2D eigenvalue weighted by molar-refractivity contribution is -0.0930. The third-order valence-corrected chi connectivity index (χ3v) is 4.92. The summed E-state index contributed by atoms with van der Waals surface area (Å²) in [5, 5.41) is 10.9. The zero-order valence-electron chi connectivity index (χ0n) is 15.7. The first-order valence-corrected chi connectivity index (χ1v) is 8.67. The third kappa shape index (κ3) is 4.38. The Morgan fingerprint density at radius 1 is 1.30 bits per heavy atom. The minimum atomic E-state index is -0.487. The van der Waals surface area contributed by atoms with Crippen LogP contribution < -0.4 is 0 Å². The van der Waals surface area contributed by atoms with Crippen LogP contribution in [0.5, 0.6) is 0 Å². The Morgan fingerprint density at radius 3 is 2.39 bits per heavy atom. The Labute approximate surface area is 140 Å². The molecule has 1 amide bonds. The predicted molar refractivity (Wildman–Crippen MR) is 89.3 cm³/mol. The van der Waals surface area contributed by atoms with Crippen molar-refractivity contribution < 1.29 is 19.4 Å². The fourth-order valence-electron chi connectivity index (χ4n) is 4.02. The third-order valence-electron chi connectivity index (χ3n) is 4.92. The van der Waals surface area contributed by atoms with Gasteiger partial charge in [0.15, 0.2) is 0 Å². The van der Waals surface area contributed by atoms with Crippen molar-refractivity contribution in [1.29, 1.82) is 0 Å². The lowest BCUT2D eigenvalue weighted by Gasteiger charge is -2.33. The van der Waals surface area contributed by atoms with Crippen LogP contribution in [-0.4, -0.2) is 52.1 Å². The van der Waals surface area contributed by atoms with Crippen molar-refractivity contribution in [2.24, 2.45) is 11.8 Å². The van der Waals surface area contributed by atoms with Crippen LogP contribution in [-0.2, 0) is 9.47 Å². The summed E-state index contributed by atoms with van der Waals surface area (Å²) in [4.78, 5) is 13.9. The van der Waals surface area contributed by atoms with Gasteiger partial charge in [-0.25, -0.2) is 4.79 Å². The second kappa shape index (κ2) is 5.92. The van der Waals surface area contributed by atoms with E-state index in [-0.39, 0.29) is 29.1 Å². The van der Waals surface area contributed by atoms with Crippen LogP contribution >= 0.6 is 0 Å². The molecule has 2 heterocycles. The van der Waals surface area contributed by atoms with Gasteiger partial charge in [-0.2, -0.15) is 0 Å². The maximum Gasteiger partial charge on any atom is 0.410 e. The summed E-state index contributed by atoms with van der Waals surface area (Å²) in [5.41, 5.74) is -1.04. The normalized spacial score (nSPS) is 31.2. The smallest absolute Gasteiger partial charge is 0.410 e. The number of likely N-dealkylation sites (tertiary alicyclic amines) is 1.